The van der Waals surface area contributed by atoms with Gasteiger partial charge in [0.15, 0.2) is 0 Å². The number of nitrogens with one attached hydrogen (secondary N) is 1. The van der Waals surface area contributed by atoms with E-state index in [1.54, 1.807) is 18.2 Å². The molecular formula is C16H25F3N2. The molecule has 0 aliphatic heterocycles. The topological polar surface area (TPSA) is 15.3 Å². The number of rotatable bonds is 8. The van der Waals surface area contributed by atoms with Crippen LogP contribution in [0.25, 0.3) is 0 Å². The van der Waals surface area contributed by atoms with Crippen LogP contribution in [0, 0.1) is 0 Å². The van der Waals surface area contributed by atoms with E-state index >= 15 is 0 Å². The number of nitrogens with zero attached hydrogens (tertiary/aromatic N) is 1. The molecule has 0 saturated carbocycles. The van der Waals surface area contributed by atoms with Gasteiger partial charge in [-0.1, -0.05) is 30.3 Å². The summed E-state index contributed by atoms with van der Waals surface area (Å²) in [4.78, 5) is 2.19. The van der Waals surface area contributed by atoms with Crippen LogP contribution < -0.4 is 5.32 Å². The summed E-state index contributed by atoms with van der Waals surface area (Å²) in [6.45, 7) is 5.48. The van der Waals surface area contributed by atoms with Gasteiger partial charge in [-0.05, 0) is 52.4 Å². The average Bonchev–Trinajstić information content (AvgIpc) is 2.41. The Morgan fingerprint density at radius 2 is 1.71 bits per heavy atom. The van der Waals surface area contributed by atoms with Crippen molar-refractivity contribution in [3.05, 3.63) is 35.9 Å². The van der Waals surface area contributed by atoms with Crippen LogP contribution in [0.1, 0.15) is 38.3 Å². The van der Waals surface area contributed by atoms with Crippen LogP contribution in [-0.4, -0.2) is 37.3 Å². The minimum absolute atomic E-state index is 0.268. The van der Waals surface area contributed by atoms with Gasteiger partial charge >= 0.3 is 6.18 Å². The van der Waals surface area contributed by atoms with E-state index in [1.165, 1.54) is 12.1 Å². The van der Waals surface area contributed by atoms with Gasteiger partial charge in [0.2, 0.25) is 0 Å². The molecule has 1 atom stereocenters. The zero-order valence-electron chi connectivity index (χ0n) is 13.0. The number of unbranched alkanes of at least 4 members (excludes halogenated alkanes) is 1. The highest BCUT2D eigenvalue weighted by molar-refractivity contribution is 5.20. The van der Waals surface area contributed by atoms with Crippen molar-refractivity contribution >= 4 is 0 Å². The first-order chi connectivity index (χ1) is 9.82. The molecule has 0 aromatic heterocycles. The fraction of sp³-hybridized carbons (Fsp3) is 0.625. The zero-order valence-corrected chi connectivity index (χ0v) is 13.0. The van der Waals surface area contributed by atoms with Gasteiger partial charge in [-0.3, -0.25) is 0 Å². The van der Waals surface area contributed by atoms with Gasteiger partial charge in [-0.15, -0.1) is 0 Å². The Bertz CT molecular complexity index is 390. The number of hydrogen-bond donors (Lipinski definition) is 1. The maximum Gasteiger partial charge on any atom is 0.407 e. The van der Waals surface area contributed by atoms with Crippen molar-refractivity contribution in [2.75, 3.05) is 20.1 Å². The third-order valence-corrected chi connectivity index (χ3v) is 3.63. The molecule has 2 nitrogen and oxygen atoms in total. The van der Waals surface area contributed by atoms with Crippen molar-refractivity contribution in [1.82, 2.24) is 10.2 Å². The highest BCUT2D eigenvalue weighted by atomic mass is 19.4. The van der Waals surface area contributed by atoms with Gasteiger partial charge in [-0.25, -0.2) is 0 Å². The standard InChI is InChI=1S/C16H25F3N2/c1-13(2)21(3)12-8-7-11-20-15(16(17,18)19)14-9-5-4-6-10-14/h4-6,9-10,13,15,20H,7-8,11-12H2,1-3H3. The molecule has 1 N–H and O–H groups in total. The van der Waals surface area contributed by atoms with Crippen molar-refractivity contribution in [1.29, 1.82) is 0 Å². The van der Waals surface area contributed by atoms with Crippen molar-refractivity contribution in [3.63, 3.8) is 0 Å². The lowest BCUT2D eigenvalue weighted by Crippen LogP contribution is -2.35. The third-order valence-electron chi connectivity index (χ3n) is 3.63. The molecule has 120 valence electrons. The van der Waals surface area contributed by atoms with Crippen LogP contribution in [0.4, 0.5) is 13.2 Å². The van der Waals surface area contributed by atoms with E-state index in [0.717, 1.165) is 19.4 Å². The normalized spacial score (nSPS) is 13.9. The molecule has 0 spiro atoms. The Morgan fingerprint density at radius 3 is 2.24 bits per heavy atom. The summed E-state index contributed by atoms with van der Waals surface area (Å²) in [6.07, 6.45) is -2.65. The van der Waals surface area contributed by atoms with Crippen LogP contribution >= 0.6 is 0 Å². The van der Waals surface area contributed by atoms with Crippen molar-refractivity contribution in [3.8, 4) is 0 Å². The number of alkyl halides is 3. The van der Waals surface area contributed by atoms with E-state index in [-0.39, 0.29) is 5.56 Å². The Hall–Kier alpha value is -1.07. The molecule has 5 heteroatoms. The van der Waals surface area contributed by atoms with E-state index in [9.17, 15) is 13.2 Å². The fourth-order valence-corrected chi connectivity index (χ4v) is 2.06. The molecule has 0 heterocycles. The molecule has 1 aromatic carbocycles. The van der Waals surface area contributed by atoms with E-state index < -0.39 is 12.2 Å². The summed E-state index contributed by atoms with van der Waals surface area (Å²) in [5.41, 5.74) is 0.268. The zero-order chi connectivity index (χ0) is 15.9. The van der Waals surface area contributed by atoms with Gasteiger partial charge in [0.05, 0.1) is 0 Å². The van der Waals surface area contributed by atoms with Gasteiger partial charge in [-0.2, -0.15) is 13.2 Å². The fourth-order valence-electron chi connectivity index (χ4n) is 2.06. The average molecular weight is 302 g/mol. The molecule has 0 radical (unpaired) electrons. The van der Waals surface area contributed by atoms with Gasteiger partial charge in [0.25, 0.3) is 0 Å². The second-order valence-corrected chi connectivity index (χ2v) is 5.62. The molecule has 1 unspecified atom stereocenters. The molecule has 0 bridgehead atoms. The second-order valence-electron chi connectivity index (χ2n) is 5.62. The lowest BCUT2D eigenvalue weighted by atomic mass is 10.1. The summed E-state index contributed by atoms with van der Waals surface area (Å²) in [6, 6.07) is 6.89. The molecule has 0 fully saturated rings. The quantitative estimate of drug-likeness (QED) is 0.730. The van der Waals surface area contributed by atoms with Crippen molar-refractivity contribution < 1.29 is 13.2 Å². The lowest BCUT2D eigenvalue weighted by molar-refractivity contribution is -0.157. The van der Waals surface area contributed by atoms with Gasteiger partial charge in [0, 0.05) is 6.04 Å². The van der Waals surface area contributed by atoms with Crippen molar-refractivity contribution in [2.45, 2.75) is 44.9 Å². The van der Waals surface area contributed by atoms with E-state index in [0.29, 0.717) is 12.6 Å². The predicted octanol–water partition coefficient (Wildman–Crippen LogP) is 4.00. The van der Waals surface area contributed by atoms with Gasteiger partial charge < -0.3 is 10.2 Å². The van der Waals surface area contributed by atoms with E-state index in [2.05, 4.69) is 24.1 Å². The summed E-state index contributed by atoms with van der Waals surface area (Å²) < 4.78 is 39.2. The molecule has 0 aliphatic rings. The summed E-state index contributed by atoms with van der Waals surface area (Å²) in [5.74, 6) is 0. The van der Waals surface area contributed by atoms with Crippen LogP contribution in [-0.2, 0) is 0 Å². The van der Waals surface area contributed by atoms with Crippen LogP contribution in [0.2, 0.25) is 0 Å². The number of halogens is 3. The number of hydrogen-bond acceptors (Lipinski definition) is 2. The Labute approximate surface area is 125 Å². The lowest BCUT2D eigenvalue weighted by Gasteiger charge is -2.23. The molecule has 1 rings (SSSR count). The second kappa shape index (κ2) is 8.39. The molecule has 0 saturated heterocycles. The Balaban J connectivity index is 2.42. The maximum absolute atomic E-state index is 13.1. The smallest absolute Gasteiger partial charge is 0.304 e. The summed E-state index contributed by atoms with van der Waals surface area (Å²) >= 11 is 0. The summed E-state index contributed by atoms with van der Waals surface area (Å²) in [5, 5.41) is 2.64. The van der Waals surface area contributed by atoms with Crippen LogP contribution in [0.3, 0.4) is 0 Å². The first-order valence-electron chi connectivity index (χ1n) is 7.37. The molecule has 0 amide bonds. The minimum atomic E-state index is -4.27. The first-order valence-corrected chi connectivity index (χ1v) is 7.37. The highest BCUT2D eigenvalue weighted by Gasteiger charge is 2.40. The molecule has 1 aromatic rings. The first kappa shape index (κ1) is 18.0. The van der Waals surface area contributed by atoms with E-state index in [1.807, 2.05) is 7.05 Å². The van der Waals surface area contributed by atoms with Gasteiger partial charge in [0.1, 0.15) is 6.04 Å². The van der Waals surface area contributed by atoms with Crippen LogP contribution in [0.15, 0.2) is 30.3 Å². The monoisotopic (exact) mass is 302 g/mol. The number of benzene rings is 1. The Kier molecular flexibility index (Phi) is 7.18. The minimum Gasteiger partial charge on any atom is -0.304 e. The highest BCUT2D eigenvalue weighted by Crippen LogP contribution is 2.32. The van der Waals surface area contributed by atoms with Crippen molar-refractivity contribution in [2.24, 2.45) is 0 Å². The largest absolute Gasteiger partial charge is 0.407 e. The third kappa shape index (κ3) is 6.48. The SMILES string of the molecule is CC(C)N(C)CCCCNC(c1ccccc1)C(F)(F)F. The van der Waals surface area contributed by atoms with Crippen LogP contribution in [0.5, 0.6) is 0 Å². The predicted molar refractivity (Wildman–Crippen MR) is 80.2 cm³/mol. The molecule has 0 aliphatic carbocycles. The van der Waals surface area contributed by atoms with E-state index in [4.69, 9.17) is 0 Å². The maximum atomic E-state index is 13.1. The molecular weight excluding hydrogens is 277 g/mol. The Morgan fingerprint density at radius 1 is 1.10 bits per heavy atom. The molecule has 21 heavy (non-hydrogen) atoms. The summed E-state index contributed by atoms with van der Waals surface area (Å²) in [7, 11) is 2.03.